The summed E-state index contributed by atoms with van der Waals surface area (Å²) in [4.78, 5) is 8.44. The van der Waals surface area contributed by atoms with Gasteiger partial charge in [0.05, 0.1) is 18.6 Å². The van der Waals surface area contributed by atoms with Gasteiger partial charge < -0.3 is 19.9 Å². The van der Waals surface area contributed by atoms with Crippen molar-refractivity contribution in [1.29, 1.82) is 0 Å². The maximum absolute atomic E-state index is 14.3. The molecule has 0 radical (unpaired) electrons. The summed E-state index contributed by atoms with van der Waals surface area (Å²) < 4.78 is 21.2. The fourth-order valence-electron chi connectivity index (χ4n) is 2.30. The van der Waals surface area contributed by atoms with Crippen molar-refractivity contribution in [2.45, 2.75) is 26.8 Å². The SMILES string of the molecule is CCNC(=NCc1ccc(-n2ccnc2)c(F)c1)NCCCOCC. The lowest BCUT2D eigenvalue weighted by molar-refractivity contribution is 0.145. The minimum atomic E-state index is -0.291. The zero-order valence-electron chi connectivity index (χ0n) is 14.8. The lowest BCUT2D eigenvalue weighted by Crippen LogP contribution is -2.38. The molecule has 2 rings (SSSR count). The van der Waals surface area contributed by atoms with Crippen LogP contribution in [0.3, 0.4) is 0 Å². The maximum atomic E-state index is 14.3. The van der Waals surface area contributed by atoms with E-state index < -0.39 is 0 Å². The number of imidazole rings is 1. The van der Waals surface area contributed by atoms with Crippen molar-refractivity contribution in [3.05, 3.63) is 48.3 Å². The summed E-state index contributed by atoms with van der Waals surface area (Å²) >= 11 is 0. The first kappa shape index (κ1) is 18.9. The van der Waals surface area contributed by atoms with Crippen LogP contribution in [0.25, 0.3) is 5.69 Å². The molecule has 0 fully saturated rings. The van der Waals surface area contributed by atoms with Crippen molar-refractivity contribution in [2.75, 3.05) is 26.3 Å². The molecule has 0 saturated carbocycles. The number of nitrogens with one attached hydrogen (secondary N) is 2. The predicted octanol–water partition coefficient (Wildman–Crippen LogP) is 2.49. The van der Waals surface area contributed by atoms with Crippen molar-refractivity contribution in [3.8, 4) is 5.69 Å². The molecule has 7 heteroatoms. The molecule has 0 spiro atoms. The number of hydrogen-bond acceptors (Lipinski definition) is 3. The molecule has 136 valence electrons. The molecule has 2 aromatic rings. The van der Waals surface area contributed by atoms with Crippen molar-refractivity contribution in [1.82, 2.24) is 20.2 Å². The minimum absolute atomic E-state index is 0.291. The molecule has 1 heterocycles. The molecule has 1 aromatic carbocycles. The van der Waals surface area contributed by atoms with Crippen molar-refractivity contribution >= 4 is 5.96 Å². The zero-order chi connectivity index (χ0) is 17.9. The highest BCUT2D eigenvalue weighted by Crippen LogP contribution is 2.15. The second kappa shape index (κ2) is 10.5. The third kappa shape index (κ3) is 6.19. The van der Waals surface area contributed by atoms with Gasteiger partial charge in [0, 0.05) is 38.7 Å². The van der Waals surface area contributed by atoms with Gasteiger partial charge in [0.15, 0.2) is 5.96 Å². The van der Waals surface area contributed by atoms with E-state index in [1.807, 2.05) is 19.9 Å². The average Bonchev–Trinajstić information content (AvgIpc) is 3.13. The number of hydrogen-bond donors (Lipinski definition) is 2. The second-order valence-electron chi connectivity index (χ2n) is 5.43. The van der Waals surface area contributed by atoms with Gasteiger partial charge in [-0.3, -0.25) is 0 Å². The van der Waals surface area contributed by atoms with E-state index in [2.05, 4.69) is 20.6 Å². The second-order valence-corrected chi connectivity index (χ2v) is 5.43. The summed E-state index contributed by atoms with van der Waals surface area (Å²) in [5, 5.41) is 6.44. The van der Waals surface area contributed by atoms with Gasteiger partial charge >= 0.3 is 0 Å². The van der Waals surface area contributed by atoms with Gasteiger partial charge in [0.2, 0.25) is 0 Å². The first-order valence-electron chi connectivity index (χ1n) is 8.61. The Morgan fingerprint density at radius 3 is 2.88 bits per heavy atom. The van der Waals surface area contributed by atoms with E-state index in [1.165, 1.54) is 6.07 Å². The van der Waals surface area contributed by atoms with Gasteiger partial charge in [-0.15, -0.1) is 0 Å². The van der Waals surface area contributed by atoms with Crippen LogP contribution >= 0.6 is 0 Å². The standard InChI is InChI=1S/C18H26FN5O/c1-3-21-18(22-8-5-11-25-4-2)23-13-15-6-7-17(16(19)12-15)24-10-9-20-14-24/h6-7,9-10,12,14H,3-5,8,11,13H2,1-2H3,(H2,21,22,23). The van der Waals surface area contributed by atoms with Gasteiger partial charge in [-0.25, -0.2) is 14.4 Å². The van der Waals surface area contributed by atoms with E-state index in [-0.39, 0.29) is 5.82 Å². The molecular weight excluding hydrogens is 321 g/mol. The third-order valence-electron chi connectivity index (χ3n) is 3.52. The highest BCUT2D eigenvalue weighted by atomic mass is 19.1. The fourth-order valence-corrected chi connectivity index (χ4v) is 2.30. The van der Waals surface area contributed by atoms with Crippen molar-refractivity contribution < 1.29 is 9.13 Å². The normalized spacial score (nSPS) is 11.6. The van der Waals surface area contributed by atoms with Gasteiger partial charge in [-0.2, -0.15) is 0 Å². The lowest BCUT2D eigenvalue weighted by atomic mass is 10.2. The van der Waals surface area contributed by atoms with Gasteiger partial charge in [-0.1, -0.05) is 6.07 Å². The van der Waals surface area contributed by atoms with E-state index in [0.717, 1.165) is 44.2 Å². The van der Waals surface area contributed by atoms with Crippen LogP contribution in [-0.2, 0) is 11.3 Å². The first-order chi connectivity index (χ1) is 12.2. The maximum Gasteiger partial charge on any atom is 0.191 e. The van der Waals surface area contributed by atoms with Crippen LogP contribution in [0, 0.1) is 5.82 Å². The third-order valence-corrected chi connectivity index (χ3v) is 3.52. The molecule has 0 aliphatic carbocycles. The van der Waals surface area contributed by atoms with Crippen LogP contribution < -0.4 is 10.6 Å². The lowest BCUT2D eigenvalue weighted by Gasteiger charge is -2.11. The summed E-state index contributed by atoms with van der Waals surface area (Å²) in [5.41, 5.74) is 1.29. The Balaban J connectivity index is 1.93. The largest absolute Gasteiger partial charge is 0.382 e. The van der Waals surface area contributed by atoms with E-state index in [0.29, 0.717) is 12.2 Å². The van der Waals surface area contributed by atoms with Crippen LogP contribution in [0.4, 0.5) is 4.39 Å². The van der Waals surface area contributed by atoms with Gasteiger partial charge in [-0.05, 0) is 38.0 Å². The molecule has 0 aliphatic rings. The Kier molecular flexibility index (Phi) is 7.91. The van der Waals surface area contributed by atoms with E-state index >= 15 is 0 Å². The molecule has 1 aromatic heterocycles. The Morgan fingerprint density at radius 2 is 2.20 bits per heavy atom. The van der Waals surface area contributed by atoms with Crippen LogP contribution in [0.1, 0.15) is 25.8 Å². The summed E-state index contributed by atoms with van der Waals surface area (Å²) in [6.45, 7) is 7.40. The summed E-state index contributed by atoms with van der Waals surface area (Å²) in [6.07, 6.45) is 5.82. The number of benzene rings is 1. The number of ether oxygens (including phenoxy) is 1. The monoisotopic (exact) mass is 347 g/mol. The van der Waals surface area contributed by atoms with Crippen LogP contribution in [0.15, 0.2) is 41.9 Å². The molecule has 25 heavy (non-hydrogen) atoms. The molecule has 6 nitrogen and oxygen atoms in total. The van der Waals surface area contributed by atoms with Gasteiger partial charge in [0.25, 0.3) is 0 Å². The number of aromatic nitrogens is 2. The Bertz CT molecular complexity index is 657. The predicted molar refractivity (Wildman–Crippen MR) is 97.5 cm³/mol. The summed E-state index contributed by atoms with van der Waals surface area (Å²) in [5.74, 6) is 0.429. The molecule has 0 bridgehead atoms. The van der Waals surface area contributed by atoms with E-state index in [4.69, 9.17) is 4.74 Å². The molecule has 0 atom stereocenters. The summed E-state index contributed by atoms with van der Waals surface area (Å²) in [7, 11) is 0. The highest BCUT2D eigenvalue weighted by molar-refractivity contribution is 5.79. The molecular formula is C18H26FN5O. The average molecular weight is 347 g/mol. The Morgan fingerprint density at radius 1 is 1.32 bits per heavy atom. The molecule has 0 unspecified atom stereocenters. The highest BCUT2D eigenvalue weighted by Gasteiger charge is 2.05. The molecule has 2 N–H and O–H groups in total. The number of guanidine groups is 1. The number of rotatable bonds is 9. The van der Waals surface area contributed by atoms with Gasteiger partial charge in [0.1, 0.15) is 5.82 Å². The van der Waals surface area contributed by atoms with E-state index in [9.17, 15) is 4.39 Å². The zero-order valence-corrected chi connectivity index (χ0v) is 14.8. The topological polar surface area (TPSA) is 63.5 Å². The first-order valence-corrected chi connectivity index (χ1v) is 8.61. The molecule has 0 aliphatic heterocycles. The quantitative estimate of drug-likeness (QED) is 0.416. The van der Waals surface area contributed by atoms with E-state index in [1.54, 1.807) is 29.4 Å². The number of nitrogens with zero attached hydrogens (tertiary/aromatic N) is 3. The molecule has 0 saturated heterocycles. The number of aliphatic imine (C=N–C) groups is 1. The minimum Gasteiger partial charge on any atom is -0.382 e. The van der Waals surface area contributed by atoms with Crippen LogP contribution in [-0.4, -0.2) is 41.8 Å². The number of halogens is 1. The fraction of sp³-hybridized carbons (Fsp3) is 0.444. The van der Waals surface area contributed by atoms with Crippen LogP contribution in [0.5, 0.6) is 0 Å². The van der Waals surface area contributed by atoms with Crippen molar-refractivity contribution in [3.63, 3.8) is 0 Å². The van der Waals surface area contributed by atoms with Crippen LogP contribution in [0.2, 0.25) is 0 Å². The van der Waals surface area contributed by atoms with Crippen molar-refractivity contribution in [2.24, 2.45) is 4.99 Å². The smallest absolute Gasteiger partial charge is 0.191 e. The molecule has 0 amide bonds. The summed E-state index contributed by atoms with van der Waals surface area (Å²) in [6, 6.07) is 5.13. The Hall–Kier alpha value is -2.41. The Labute approximate surface area is 148 Å².